The second-order valence-electron chi connectivity index (χ2n) is 26.9. The van der Waals surface area contributed by atoms with Gasteiger partial charge in [-0.15, -0.1) is 0 Å². The Labute approximate surface area is 649 Å². The minimum atomic E-state index is -1.52. The minimum Gasteiger partial charge on any atom is -0.493 e. The van der Waals surface area contributed by atoms with Gasteiger partial charge in [-0.2, -0.15) is 0 Å². The second kappa shape index (κ2) is 47.4. The fraction of sp³-hybridized carbons (Fsp3) is 0.488. The number of ether oxygens (including phenoxy) is 13. The first kappa shape index (κ1) is 86.8. The Balaban J connectivity index is 0.639. The van der Waals surface area contributed by atoms with E-state index in [-0.39, 0.29) is 92.4 Å². The number of nitrogens with one attached hydrogen (secondary N) is 4. The summed E-state index contributed by atoms with van der Waals surface area (Å²) in [6, 6.07) is 9.97. The summed E-state index contributed by atoms with van der Waals surface area (Å²) in [5.41, 5.74) is 4.83. The summed E-state index contributed by atoms with van der Waals surface area (Å²) in [6.45, 7) is 15.5. The lowest BCUT2D eigenvalue weighted by Gasteiger charge is -2.31. The average molecular weight is 1540 g/mol. The Morgan fingerprint density at radius 3 is 1.67 bits per heavy atom. The van der Waals surface area contributed by atoms with E-state index in [1.165, 1.54) is 38.2 Å². The maximum atomic E-state index is 14.3. The summed E-state index contributed by atoms with van der Waals surface area (Å²) in [5.74, 6) is -1.10. The first-order chi connectivity index (χ1) is 53.9. The van der Waals surface area contributed by atoms with Crippen LogP contribution in [0.3, 0.4) is 0 Å². The van der Waals surface area contributed by atoms with Crippen LogP contribution < -0.4 is 45.1 Å². The first-order valence-corrected chi connectivity index (χ1v) is 37.7. The van der Waals surface area contributed by atoms with E-state index < -0.39 is 54.1 Å². The third-order valence-corrected chi connectivity index (χ3v) is 17.9. The molecule has 7 amide bonds. The van der Waals surface area contributed by atoms with E-state index in [4.69, 9.17) is 61.6 Å². The zero-order chi connectivity index (χ0) is 79.1. The van der Waals surface area contributed by atoms with Crippen LogP contribution in [0, 0.1) is 5.92 Å². The van der Waals surface area contributed by atoms with Gasteiger partial charge in [0, 0.05) is 49.4 Å². The van der Waals surface area contributed by atoms with Crippen LogP contribution in [0.5, 0.6) is 23.0 Å². The van der Waals surface area contributed by atoms with Gasteiger partial charge >= 0.3 is 6.09 Å². The molecule has 5 aliphatic rings. The molecule has 0 aromatic heterocycles. The SMILES string of the molecule is COc1cc2c(cc1OCCCCCOc1cc3c(cc1OC)C(=O)N1C=C(C)C[C@H]1[C@H](O)N3C(=O)OCc1ccc(NC(=O)C(C)NC(=O)[C@@H](NC(=O)CCOCCOCCOCCOCCOCCOCCOCCOCCNC(=O)CC3=C/C=C\C=C/C=C\C=C/C=C\3)C(C)C)cc1)N=C[C@@H]1CC(C)=CN1C2=O. The molecule has 0 saturated heterocycles. The Bertz CT molecular complexity index is 3850. The van der Waals surface area contributed by atoms with E-state index in [0.717, 1.165) is 28.0 Å². The van der Waals surface area contributed by atoms with Gasteiger partial charge in [0.25, 0.3) is 11.8 Å². The van der Waals surface area contributed by atoms with Crippen LogP contribution in [0.1, 0.15) is 106 Å². The van der Waals surface area contributed by atoms with Crippen molar-refractivity contribution in [3.05, 3.63) is 161 Å². The predicted octanol–water partition coefficient (Wildman–Crippen LogP) is 9.09. The summed E-state index contributed by atoms with van der Waals surface area (Å²) < 4.78 is 74.0. The molecule has 5 atom stereocenters. The number of benzene rings is 3. The average Bonchev–Trinajstić information content (AvgIpc) is 1.60. The number of methoxy groups -OCH3 is 2. The fourth-order valence-electron chi connectivity index (χ4n) is 12.0. The van der Waals surface area contributed by atoms with Crippen LogP contribution in [0.15, 0.2) is 149 Å². The van der Waals surface area contributed by atoms with Crippen molar-refractivity contribution >= 4 is 64.8 Å². The molecular weight excluding hydrogens is 1430 g/mol. The highest BCUT2D eigenvalue weighted by Crippen LogP contribution is 2.43. The number of carbonyl (C=O) groups is 7. The minimum absolute atomic E-state index is 0.00809. The highest BCUT2D eigenvalue weighted by molar-refractivity contribution is 6.07. The van der Waals surface area contributed by atoms with Crippen molar-refractivity contribution in [2.75, 3.05) is 150 Å². The van der Waals surface area contributed by atoms with E-state index in [2.05, 4.69) is 26.3 Å². The first-order valence-electron chi connectivity index (χ1n) is 37.7. The smallest absolute Gasteiger partial charge is 0.416 e. The lowest BCUT2D eigenvalue weighted by atomic mass is 10.0. The molecule has 3 aromatic carbocycles. The number of amides is 7. The molecular formula is C82H108N8O21. The fourth-order valence-corrected chi connectivity index (χ4v) is 12.0. The number of anilines is 2. The Kier molecular flexibility index (Phi) is 37.1. The molecule has 111 heavy (non-hydrogen) atoms. The monoisotopic (exact) mass is 1540 g/mol. The molecule has 1 aliphatic carbocycles. The number of hydrogen-bond acceptors (Lipinski definition) is 22. The molecule has 0 bridgehead atoms. The van der Waals surface area contributed by atoms with E-state index in [1.807, 2.05) is 86.9 Å². The number of aliphatic hydroxyl groups is 1. The van der Waals surface area contributed by atoms with Crippen LogP contribution in [-0.4, -0.2) is 233 Å². The van der Waals surface area contributed by atoms with Crippen molar-refractivity contribution in [2.24, 2.45) is 10.9 Å². The van der Waals surface area contributed by atoms with Gasteiger partial charge in [-0.3, -0.25) is 33.8 Å². The normalized spacial score (nSPS) is 18.8. The molecule has 602 valence electrons. The number of allylic oxidation sites excluding steroid dienone is 11. The van der Waals surface area contributed by atoms with Crippen LogP contribution in [0.2, 0.25) is 0 Å². The van der Waals surface area contributed by atoms with Gasteiger partial charge in [0.2, 0.25) is 23.6 Å². The van der Waals surface area contributed by atoms with Gasteiger partial charge < -0.3 is 97.8 Å². The van der Waals surface area contributed by atoms with Crippen LogP contribution >= 0.6 is 0 Å². The molecule has 0 fully saturated rings. The second-order valence-corrected chi connectivity index (χ2v) is 26.9. The molecule has 1 unspecified atom stereocenters. The molecule has 0 radical (unpaired) electrons. The summed E-state index contributed by atoms with van der Waals surface area (Å²) in [7, 11) is 2.97. The van der Waals surface area contributed by atoms with Crippen molar-refractivity contribution in [1.29, 1.82) is 0 Å². The topological polar surface area (TPSA) is 330 Å². The van der Waals surface area contributed by atoms with Crippen molar-refractivity contribution in [3.8, 4) is 23.0 Å². The van der Waals surface area contributed by atoms with Crippen LogP contribution in [-0.2, 0) is 68.4 Å². The Morgan fingerprint density at radius 1 is 0.559 bits per heavy atom. The Hall–Kier alpha value is -9.82. The lowest BCUT2D eigenvalue weighted by Crippen LogP contribution is -2.53. The van der Waals surface area contributed by atoms with Crippen LogP contribution in [0.4, 0.5) is 21.9 Å². The number of aliphatic hydroxyl groups excluding tert-OH is 1. The molecule has 4 aliphatic heterocycles. The van der Waals surface area contributed by atoms with Crippen molar-refractivity contribution in [2.45, 2.75) is 117 Å². The standard InChI is InChI=1S/C82H108N8O21/c1-57(2)76(87-74(91)26-30-101-32-34-103-36-38-105-40-42-107-44-45-108-43-41-106-39-37-104-35-33-102-31-27-83-75(92)48-61-20-16-13-11-9-8-10-12-14-17-21-61)78(94)85-60(5)77(93)86-63-24-22-62(23-25-63)56-111-82(98)90-68-52-73(71(100-7)50-66(68)80(96)89-55-59(4)47-69(89)81(90)97)110-29-19-15-18-28-109-72-51-67-65(49-70(72)99-6)79(95)88-54-58(3)46-64(88)53-84-67/h8-14,16-17,20-25,49-55,57,60,64,69,76,81,97H,15,18-19,26-48,56H2,1-7H3,(H,83,92)(H,85,94)(H,86,93)(H,87,91)/b9-8-,10-8?,11-9?,12-10-,13-11-,14-12?,16-13?,17-14-,20-16-,21-17?,61-20?,61-21+/t60?,64-,69-,76-,81-/m0/s1. The predicted molar refractivity (Wildman–Crippen MR) is 416 cm³/mol. The van der Waals surface area contributed by atoms with E-state index in [1.54, 1.807) is 67.6 Å². The highest BCUT2D eigenvalue weighted by atomic mass is 16.6. The lowest BCUT2D eigenvalue weighted by molar-refractivity contribution is -0.132. The molecule has 3 aromatic rings. The van der Waals surface area contributed by atoms with Gasteiger partial charge in [0.15, 0.2) is 29.2 Å². The Morgan fingerprint density at radius 2 is 1.08 bits per heavy atom. The third kappa shape index (κ3) is 28.5. The number of rotatable bonds is 47. The van der Waals surface area contributed by atoms with E-state index in [9.17, 15) is 38.7 Å². The summed E-state index contributed by atoms with van der Waals surface area (Å²) in [6.07, 6.45) is 27.2. The van der Waals surface area contributed by atoms with Gasteiger partial charge in [0.05, 0.1) is 174 Å². The molecule has 29 heteroatoms. The molecule has 5 N–H and O–H groups in total. The zero-order valence-corrected chi connectivity index (χ0v) is 64.7. The van der Waals surface area contributed by atoms with Crippen molar-refractivity contribution in [3.63, 3.8) is 0 Å². The highest BCUT2D eigenvalue weighted by Gasteiger charge is 2.45. The van der Waals surface area contributed by atoms with Crippen molar-refractivity contribution in [1.82, 2.24) is 25.8 Å². The van der Waals surface area contributed by atoms with Gasteiger partial charge in [-0.1, -0.05) is 104 Å². The number of aliphatic imine (C=N–C) groups is 1. The van der Waals surface area contributed by atoms with Gasteiger partial charge in [-0.25, -0.2) is 9.69 Å². The number of carbonyl (C=O) groups excluding carboxylic acids is 7. The maximum Gasteiger partial charge on any atom is 0.416 e. The quantitative estimate of drug-likeness (QED) is 0.0329. The zero-order valence-electron chi connectivity index (χ0n) is 64.7. The summed E-state index contributed by atoms with van der Waals surface area (Å²) >= 11 is 0. The molecule has 29 nitrogen and oxygen atoms in total. The van der Waals surface area contributed by atoms with E-state index >= 15 is 0 Å². The largest absolute Gasteiger partial charge is 0.493 e. The number of hydrogen-bond donors (Lipinski definition) is 5. The number of nitrogens with zero attached hydrogens (tertiary/aromatic N) is 4. The molecule has 0 saturated carbocycles. The summed E-state index contributed by atoms with van der Waals surface area (Å²) in [4.78, 5) is 103. The number of unbranched alkanes of at least 4 members (excludes halogenated alkanes) is 2. The third-order valence-electron chi connectivity index (χ3n) is 17.9. The van der Waals surface area contributed by atoms with Gasteiger partial charge in [-0.05, 0) is 94.2 Å². The number of fused-ring (bicyclic) bond motifs is 4. The maximum absolute atomic E-state index is 14.3. The molecule has 8 rings (SSSR count). The van der Waals surface area contributed by atoms with E-state index in [0.29, 0.717) is 159 Å². The van der Waals surface area contributed by atoms with Crippen LogP contribution in [0.25, 0.3) is 0 Å². The molecule has 4 heterocycles. The summed E-state index contributed by atoms with van der Waals surface area (Å²) in [5, 5.41) is 23.1. The van der Waals surface area contributed by atoms with Gasteiger partial charge in [0.1, 0.15) is 18.7 Å². The molecule has 0 spiro atoms. The van der Waals surface area contributed by atoms with Crippen molar-refractivity contribution < 1.29 is 100 Å².